The molecule has 1 atom stereocenters. The first-order chi connectivity index (χ1) is 9.66. The molecule has 7 heteroatoms. The SMILES string of the molecule is O=C(c1ccccn1)N1CC[C@H](N2C(=O)COC2=O)C1. The Hall–Kier alpha value is -2.44. The van der Waals surface area contributed by atoms with Crippen LogP contribution in [-0.2, 0) is 9.53 Å². The van der Waals surface area contributed by atoms with Crippen LogP contribution < -0.4 is 0 Å². The molecule has 2 saturated heterocycles. The molecule has 3 rings (SSSR count). The van der Waals surface area contributed by atoms with Crippen LogP contribution in [0.5, 0.6) is 0 Å². The van der Waals surface area contributed by atoms with E-state index in [1.54, 1.807) is 29.3 Å². The van der Waals surface area contributed by atoms with Crippen molar-refractivity contribution in [2.24, 2.45) is 0 Å². The van der Waals surface area contributed by atoms with Crippen molar-refractivity contribution in [3.8, 4) is 0 Å². The third-order valence-corrected chi connectivity index (χ3v) is 3.48. The predicted molar refractivity (Wildman–Crippen MR) is 66.7 cm³/mol. The van der Waals surface area contributed by atoms with Gasteiger partial charge in [-0.15, -0.1) is 0 Å². The fourth-order valence-electron chi connectivity index (χ4n) is 2.51. The zero-order valence-corrected chi connectivity index (χ0v) is 10.7. The van der Waals surface area contributed by atoms with Crippen molar-refractivity contribution in [2.45, 2.75) is 12.5 Å². The molecular formula is C13H13N3O4. The summed E-state index contributed by atoms with van der Waals surface area (Å²) in [5.74, 6) is -0.528. The Bertz CT molecular complexity index is 544. The number of likely N-dealkylation sites (tertiary alicyclic amines) is 1. The number of aromatic nitrogens is 1. The highest BCUT2D eigenvalue weighted by atomic mass is 16.6. The lowest BCUT2D eigenvalue weighted by Gasteiger charge is -2.20. The van der Waals surface area contributed by atoms with E-state index in [4.69, 9.17) is 4.74 Å². The summed E-state index contributed by atoms with van der Waals surface area (Å²) in [6.45, 7) is 0.622. The van der Waals surface area contributed by atoms with Gasteiger partial charge in [-0.1, -0.05) is 6.07 Å². The first-order valence-corrected chi connectivity index (χ1v) is 6.36. The number of hydrogen-bond acceptors (Lipinski definition) is 5. The summed E-state index contributed by atoms with van der Waals surface area (Å²) in [5.41, 5.74) is 0.364. The van der Waals surface area contributed by atoms with Gasteiger partial charge in [-0.3, -0.25) is 14.6 Å². The predicted octanol–water partition coefficient (Wildman–Crippen LogP) is 0.275. The van der Waals surface area contributed by atoms with Gasteiger partial charge < -0.3 is 9.64 Å². The topological polar surface area (TPSA) is 79.8 Å². The van der Waals surface area contributed by atoms with Crippen LogP contribution in [0.2, 0.25) is 0 Å². The Morgan fingerprint density at radius 3 is 2.85 bits per heavy atom. The second-order valence-electron chi connectivity index (χ2n) is 4.73. The van der Waals surface area contributed by atoms with Crippen molar-refractivity contribution < 1.29 is 19.1 Å². The van der Waals surface area contributed by atoms with E-state index in [1.165, 1.54) is 0 Å². The maximum absolute atomic E-state index is 12.2. The van der Waals surface area contributed by atoms with Crippen molar-refractivity contribution in [3.05, 3.63) is 30.1 Å². The lowest BCUT2D eigenvalue weighted by atomic mass is 10.2. The number of nitrogens with zero attached hydrogens (tertiary/aromatic N) is 3. The minimum absolute atomic E-state index is 0.187. The van der Waals surface area contributed by atoms with Crippen LogP contribution in [-0.4, -0.2) is 58.4 Å². The van der Waals surface area contributed by atoms with Gasteiger partial charge in [0.05, 0.1) is 6.04 Å². The Kier molecular flexibility index (Phi) is 3.09. The summed E-state index contributed by atoms with van der Waals surface area (Å²) in [6.07, 6.45) is 1.51. The molecule has 0 spiro atoms. The van der Waals surface area contributed by atoms with E-state index in [0.29, 0.717) is 25.2 Å². The minimum Gasteiger partial charge on any atom is -0.439 e. The highest BCUT2D eigenvalue weighted by Crippen LogP contribution is 2.21. The molecule has 0 radical (unpaired) electrons. The summed E-state index contributed by atoms with van der Waals surface area (Å²) < 4.78 is 4.69. The van der Waals surface area contributed by atoms with Crippen LogP contribution in [0.1, 0.15) is 16.9 Å². The maximum Gasteiger partial charge on any atom is 0.417 e. The Morgan fingerprint density at radius 1 is 1.35 bits per heavy atom. The van der Waals surface area contributed by atoms with E-state index in [9.17, 15) is 14.4 Å². The zero-order chi connectivity index (χ0) is 14.1. The van der Waals surface area contributed by atoms with Gasteiger partial charge in [-0.05, 0) is 18.6 Å². The second-order valence-corrected chi connectivity index (χ2v) is 4.73. The number of imide groups is 1. The van der Waals surface area contributed by atoms with Crippen LogP contribution in [0, 0.1) is 0 Å². The van der Waals surface area contributed by atoms with Gasteiger partial charge in [0.2, 0.25) is 0 Å². The van der Waals surface area contributed by atoms with Crippen molar-refractivity contribution >= 4 is 17.9 Å². The highest BCUT2D eigenvalue weighted by Gasteiger charge is 2.41. The molecule has 3 amide bonds. The van der Waals surface area contributed by atoms with Gasteiger partial charge in [0.1, 0.15) is 5.69 Å². The van der Waals surface area contributed by atoms with Crippen molar-refractivity contribution in [2.75, 3.05) is 19.7 Å². The molecule has 0 bridgehead atoms. The van der Waals surface area contributed by atoms with Gasteiger partial charge in [-0.25, -0.2) is 9.69 Å². The molecule has 2 aliphatic heterocycles. The summed E-state index contributed by atoms with van der Waals surface area (Å²) in [7, 11) is 0. The molecule has 0 aromatic carbocycles. The van der Waals surface area contributed by atoms with Crippen LogP contribution in [0.4, 0.5) is 4.79 Å². The van der Waals surface area contributed by atoms with E-state index < -0.39 is 6.09 Å². The molecule has 3 heterocycles. The summed E-state index contributed by atoms with van der Waals surface area (Å²) in [6, 6.07) is 4.83. The number of ether oxygens (including phenoxy) is 1. The molecule has 0 unspecified atom stereocenters. The largest absolute Gasteiger partial charge is 0.439 e. The van der Waals surface area contributed by atoms with E-state index in [1.807, 2.05) is 0 Å². The normalized spacial score (nSPS) is 22.3. The Morgan fingerprint density at radius 2 is 2.20 bits per heavy atom. The van der Waals surface area contributed by atoms with Crippen molar-refractivity contribution in [1.82, 2.24) is 14.8 Å². The summed E-state index contributed by atoms with van der Waals surface area (Å²) in [4.78, 5) is 42.0. The van der Waals surface area contributed by atoms with E-state index in [0.717, 1.165) is 4.90 Å². The van der Waals surface area contributed by atoms with Gasteiger partial charge in [0, 0.05) is 19.3 Å². The van der Waals surface area contributed by atoms with Crippen LogP contribution in [0.25, 0.3) is 0 Å². The molecule has 1 aromatic heterocycles. The average Bonchev–Trinajstić information content (AvgIpc) is 3.06. The number of pyridine rings is 1. The van der Waals surface area contributed by atoms with E-state index in [-0.39, 0.29) is 24.5 Å². The number of hydrogen-bond donors (Lipinski definition) is 0. The van der Waals surface area contributed by atoms with E-state index in [2.05, 4.69) is 4.98 Å². The summed E-state index contributed by atoms with van der Waals surface area (Å²) >= 11 is 0. The lowest BCUT2D eigenvalue weighted by Crippen LogP contribution is -2.42. The van der Waals surface area contributed by atoms with Crippen LogP contribution in [0.3, 0.4) is 0 Å². The molecular weight excluding hydrogens is 262 g/mol. The third-order valence-electron chi connectivity index (χ3n) is 3.48. The molecule has 1 aromatic rings. The van der Waals surface area contributed by atoms with Crippen molar-refractivity contribution in [1.29, 1.82) is 0 Å². The standard InChI is InChI=1S/C13H13N3O4/c17-11-8-20-13(19)16(11)9-4-6-15(7-9)12(18)10-3-1-2-5-14-10/h1-3,5,9H,4,6-8H2/t9-/m0/s1. The lowest BCUT2D eigenvalue weighted by molar-refractivity contribution is -0.127. The molecule has 7 nitrogen and oxygen atoms in total. The fraction of sp³-hybridized carbons (Fsp3) is 0.385. The monoisotopic (exact) mass is 275 g/mol. The minimum atomic E-state index is -0.618. The maximum atomic E-state index is 12.2. The summed E-state index contributed by atoms with van der Waals surface area (Å²) in [5, 5.41) is 0. The smallest absolute Gasteiger partial charge is 0.417 e. The number of carbonyl (C=O) groups excluding carboxylic acids is 3. The second kappa shape index (κ2) is 4.92. The molecule has 2 fully saturated rings. The molecule has 2 aliphatic rings. The average molecular weight is 275 g/mol. The number of carbonyl (C=O) groups is 3. The molecule has 104 valence electrons. The fourth-order valence-corrected chi connectivity index (χ4v) is 2.51. The number of cyclic esters (lactones) is 1. The highest BCUT2D eigenvalue weighted by molar-refractivity contribution is 5.98. The Labute approximate surface area is 115 Å². The Balaban J connectivity index is 1.69. The van der Waals surface area contributed by atoms with Gasteiger partial charge >= 0.3 is 6.09 Å². The molecule has 0 aliphatic carbocycles. The van der Waals surface area contributed by atoms with Crippen LogP contribution >= 0.6 is 0 Å². The number of amides is 3. The van der Waals surface area contributed by atoms with Gasteiger partial charge in [0.15, 0.2) is 6.61 Å². The zero-order valence-electron chi connectivity index (χ0n) is 10.7. The molecule has 0 N–H and O–H groups in total. The molecule has 0 saturated carbocycles. The third kappa shape index (κ3) is 2.11. The first kappa shape index (κ1) is 12.6. The van der Waals surface area contributed by atoms with E-state index >= 15 is 0 Å². The molecule has 20 heavy (non-hydrogen) atoms. The van der Waals surface area contributed by atoms with Crippen molar-refractivity contribution in [3.63, 3.8) is 0 Å². The van der Waals surface area contributed by atoms with Gasteiger partial charge in [0.25, 0.3) is 11.8 Å². The number of rotatable bonds is 2. The first-order valence-electron chi connectivity index (χ1n) is 6.36. The van der Waals surface area contributed by atoms with Crippen LogP contribution in [0.15, 0.2) is 24.4 Å². The quantitative estimate of drug-likeness (QED) is 0.774. The van der Waals surface area contributed by atoms with Gasteiger partial charge in [-0.2, -0.15) is 0 Å².